The summed E-state index contributed by atoms with van der Waals surface area (Å²) in [5.74, 6) is 1.29. The Hall–Kier alpha value is -0.320. The van der Waals surface area contributed by atoms with Crippen LogP contribution in [0.4, 0.5) is 0 Å². The van der Waals surface area contributed by atoms with E-state index in [2.05, 4.69) is 17.9 Å². The molecule has 0 spiro atoms. The minimum absolute atomic E-state index is 0.0572. The molecule has 1 rings (SSSR count). The van der Waals surface area contributed by atoms with Gasteiger partial charge in [0.2, 0.25) is 5.91 Å². The zero-order valence-corrected chi connectivity index (χ0v) is 11.2. The average Bonchev–Trinajstić information content (AvgIpc) is 2.29. The number of benzene rings is 1. The van der Waals surface area contributed by atoms with Gasteiger partial charge in [-0.3, -0.25) is 4.79 Å². The van der Waals surface area contributed by atoms with Crippen LogP contribution >= 0.6 is 36.0 Å². The van der Waals surface area contributed by atoms with Gasteiger partial charge in [0, 0.05) is 16.5 Å². The molecule has 2 nitrogen and oxygen atoms in total. The molecule has 0 heterocycles. The third-order valence-electron chi connectivity index (χ3n) is 1.84. The van der Waals surface area contributed by atoms with Crippen LogP contribution in [-0.2, 0) is 4.79 Å². The number of carbonyl (C=O) groups excluding carboxylic acids is 1. The van der Waals surface area contributed by atoms with E-state index in [1.165, 1.54) is 11.8 Å². The fraction of sp³-hybridized carbons (Fsp3) is 0.364. The van der Waals surface area contributed by atoms with Crippen molar-refractivity contribution in [3.63, 3.8) is 0 Å². The molecule has 0 saturated carbocycles. The molecule has 0 radical (unpaired) electrons. The summed E-state index contributed by atoms with van der Waals surface area (Å²) in [5.41, 5.74) is 0. The predicted octanol–water partition coefficient (Wildman–Crippen LogP) is 2.87. The molecular formula is C11H14ClNOS2. The lowest BCUT2D eigenvalue weighted by Crippen LogP contribution is -2.26. The summed E-state index contributed by atoms with van der Waals surface area (Å²) in [5, 5.41) is 3.54. The molecule has 0 bridgehead atoms. The third kappa shape index (κ3) is 5.68. The molecule has 88 valence electrons. The lowest BCUT2D eigenvalue weighted by atomic mass is 10.4. The van der Waals surface area contributed by atoms with Crippen LogP contribution in [-0.4, -0.2) is 24.0 Å². The highest BCUT2D eigenvalue weighted by Gasteiger charge is 2.01. The van der Waals surface area contributed by atoms with E-state index in [0.717, 1.165) is 17.1 Å². The first-order chi connectivity index (χ1) is 7.72. The number of thioether (sulfide) groups is 1. The molecule has 1 aromatic carbocycles. The number of nitrogens with one attached hydrogen (secondary N) is 1. The summed E-state index contributed by atoms with van der Waals surface area (Å²) >= 11 is 11.3. The summed E-state index contributed by atoms with van der Waals surface area (Å²) in [4.78, 5) is 12.4. The van der Waals surface area contributed by atoms with Gasteiger partial charge in [-0.05, 0) is 36.4 Å². The lowest BCUT2D eigenvalue weighted by Gasteiger charge is -2.04. The highest BCUT2D eigenvalue weighted by Crippen LogP contribution is 2.19. The van der Waals surface area contributed by atoms with Gasteiger partial charge >= 0.3 is 0 Å². The van der Waals surface area contributed by atoms with Gasteiger partial charge in [0.1, 0.15) is 0 Å². The van der Waals surface area contributed by atoms with Gasteiger partial charge < -0.3 is 5.32 Å². The van der Waals surface area contributed by atoms with E-state index < -0.39 is 0 Å². The van der Waals surface area contributed by atoms with Crippen molar-refractivity contribution >= 4 is 41.9 Å². The van der Waals surface area contributed by atoms with Crippen molar-refractivity contribution in [2.24, 2.45) is 0 Å². The minimum atomic E-state index is 0.0572. The number of halogens is 1. The normalized spacial score (nSPS) is 10.1. The zero-order chi connectivity index (χ0) is 11.8. The molecule has 1 amide bonds. The first-order valence-corrected chi connectivity index (χ1v) is 6.98. The van der Waals surface area contributed by atoms with Crippen molar-refractivity contribution in [3.8, 4) is 0 Å². The van der Waals surface area contributed by atoms with Crippen LogP contribution in [0.2, 0.25) is 5.02 Å². The van der Waals surface area contributed by atoms with Crippen molar-refractivity contribution in [1.82, 2.24) is 5.32 Å². The fourth-order valence-corrected chi connectivity index (χ4v) is 2.05. The topological polar surface area (TPSA) is 29.1 Å². The van der Waals surface area contributed by atoms with Gasteiger partial charge in [0.25, 0.3) is 0 Å². The summed E-state index contributed by atoms with van der Waals surface area (Å²) in [6.07, 6.45) is 0.903. The van der Waals surface area contributed by atoms with Crippen LogP contribution in [0.5, 0.6) is 0 Å². The fourth-order valence-electron chi connectivity index (χ4n) is 1.04. The van der Waals surface area contributed by atoms with Crippen molar-refractivity contribution < 1.29 is 4.79 Å². The molecule has 1 aromatic rings. The zero-order valence-electron chi connectivity index (χ0n) is 8.78. The second kappa shape index (κ2) is 7.87. The highest BCUT2D eigenvalue weighted by molar-refractivity contribution is 8.00. The molecule has 0 fully saturated rings. The maximum Gasteiger partial charge on any atom is 0.230 e. The maximum absolute atomic E-state index is 11.4. The van der Waals surface area contributed by atoms with E-state index in [1.54, 1.807) is 0 Å². The summed E-state index contributed by atoms with van der Waals surface area (Å²) < 4.78 is 0. The van der Waals surface area contributed by atoms with Crippen LogP contribution in [0.15, 0.2) is 29.2 Å². The quantitative estimate of drug-likeness (QED) is 0.475. The molecule has 16 heavy (non-hydrogen) atoms. The molecule has 0 saturated heterocycles. The summed E-state index contributed by atoms with van der Waals surface area (Å²) in [7, 11) is 0. The van der Waals surface area contributed by atoms with Gasteiger partial charge in [-0.2, -0.15) is 12.6 Å². The van der Waals surface area contributed by atoms with Crippen LogP contribution in [0.1, 0.15) is 6.42 Å². The number of carbonyl (C=O) groups is 1. The molecule has 0 unspecified atom stereocenters. The van der Waals surface area contributed by atoms with Crippen molar-refractivity contribution in [2.75, 3.05) is 18.1 Å². The Morgan fingerprint density at radius 1 is 1.38 bits per heavy atom. The summed E-state index contributed by atoms with van der Waals surface area (Å²) in [6.45, 7) is 0.698. The third-order valence-corrected chi connectivity index (χ3v) is 3.42. The summed E-state index contributed by atoms with van der Waals surface area (Å²) in [6, 6.07) is 7.47. The first-order valence-electron chi connectivity index (χ1n) is 4.98. The Labute approximate surface area is 111 Å². The Bertz CT molecular complexity index is 329. The number of hydrogen-bond acceptors (Lipinski definition) is 3. The van der Waals surface area contributed by atoms with Crippen molar-refractivity contribution in [2.45, 2.75) is 11.3 Å². The SMILES string of the molecule is O=C(CSc1ccc(Cl)cc1)NCCCS. The Kier molecular flexibility index (Phi) is 6.76. The standard InChI is InChI=1S/C11H14ClNOS2/c12-9-2-4-10(5-3-9)16-8-11(14)13-6-1-7-15/h2-5,15H,1,6-8H2,(H,13,14). The molecule has 0 aliphatic carbocycles. The first kappa shape index (κ1) is 13.7. The van der Waals surface area contributed by atoms with E-state index in [-0.39, 0.29) is 5.91 Å². The minimum Gasteiger partial charge on any atom is -0.355 e. The van der Waals surface area contributed by atoms with E-state index in [4.69, 9.17) is 11.6 Å². The van der Waals surface area contributed by atoms with Gasteiger partial charge in [0.05, 0.1) is 5.75 Å². The van der Waals surface area contributed by atoms with Crippen molar-refractivity contribution in [1.29, 1.82) is 0 Å². The highest BCUT2D eigenvalue weighted by atomic mass is 35.5. The Morgan fingerprint density at radius 3 is 2.69 bits per heavy atom. The van der Waals surface area contributed by atoms with Crippen LogP contribution in [0.25, 0.3) is 0 Å². The molecule has 5 heteroatoms. The maximum atomic E-state index is 11.4. The second-order valence-electron chi connectivity index (χ2n) is 3.17. The number of thiol groups is 1. The Balaban J connectivity index is 2.23. The van der Waals surface area contributed by atoms with E-state index in [9.17, 15) is 4.79 Å². The lowest BCUT2D eigenvalue weighted by molar-refractivity contribution is -0.118. The second-order valence-corrected chi connectivity index (χ2v) is 5.10. The van der Waals surface area contributed by atoms with Crippen LogP contribution in [0.3, 0.4) is 0 Å². The van der Waals surface area contributed by atoms with Gasteiger partial charge in [-0.1, -0.05) is 11.6 Å². The number of rotatable bonds is 6. The van der Waals surface area contributed by atoms with Gasteiger partial charge in [0.15, 0.2) is 0 Å². The largest absolute Gasteiger partial charge is 0.355 e. The van der Waals surface area contributed by atoms with E-state index in [1.807, 2.05) is 24.3 Å². The van der Waals surface area contributed by atoms with Gasteiger partial charge in [-0.25, -0.2) is 0 Å². The molecule has 1 N–H and O–H groups in total. The molecule has 0 aromatic heterocycles. The van der Waals surface area contributed by atoms with Crippen LogP contribution in [0, 0.1) is 0 Å². The van der Waals surface area contributed by atoms with Gasteiger partial charge in [-0.15, -0.1) is 11.8 Å². The van der Waals surface area contributed by atoms with Crippen molar-refractivity contribution in [3.05, 3.63) is 29.3 Å². The van der Waals surface area contributed by atoms with Crippen LogP contribution < -0.4 is 5.32 Å². The Morgan fingerprint density at radius 2 is 2.06 bits per heavy atom. The van der Waals surface area contributed by atoms with E-state index in [0.29, 0.717) is 17.3 Å². The average molecular weight is 276 g/mol. The number of hydrogen-bond donors (Lipinski definition) is 2. The predicted molar refractivity (Wildman–Crippen MR) is 73.7 cm³/mol. The number of amides is 1. The molecule has 0 atom stereocenters. The molecular weight excluding hydrogens is 262 g/mol. The smallest absolute Gasteiger partial charge is 0.230 e. The van der Waals surface area contributed by atoms with E-state index >= 15 is 0 Å². The monoisotopic (exact) mass is 275 g/mol. The molecule has 0 aliphatic heterocycles. The molecule has 0 aliphatic rings.